The van der Waals surface area contributed by atoms with Gasteiger partial charge in [0.1, 0.15) is 5.82 Å². The highest BCUT2D eigenvalue weighted by atomic mass is 32.2. The van der Waals surface area contributed by atoms with E-state index in [4.69, 9.17) is 0 Å². The molecule has 5 heteroatoms. The third-order valence-electron chi connectivity index (χ3n) is 4.55. The van der Waals surface area contributed by atoms with Crippen LogP contribution in [0.15, 0.2) is 47.4 Å². The Morgan fingerprint density at radius 2 is 1.83 bits per heavy atom. The lowest BCUT2D eigenvalue weighted by molar-refractivity contribution is 0.386. The molecule has 3 nitrogen and oxygen atoms in total. The van der Waals surface area contributed by atoms with Gasteiger partial charge in [-0.2, -0.15) is 4.31 Å². The van der Waals surface area contributed by atoms with E-state index in [1.807, 2.05) is 19.9 Å². The third kappa shape index (κ3) is 2.91. The summed E-state index contributed by atoms with van der Waals surface area (Å²) in [6.45, 7) is 4.27. The molecule has 1 fully saturated rings. The Labute approximate surface area is 136 Å². The summed E-state index contributed by atoms with van der Waals surface area (Å²) in [6, 6.07) is 11.1. The van der Waals surface area contributed by atoms with Gasteiger partial charge in [-0.15, -0.1) is 0 Å². The first kappa shape index (κ1) is 16.1. The number of benzene rings is 2. The van der Waals surface area contributed by atoms with Crippen LogP contribution in [0.1, 0.15) is 35.6 Å². The maximum Gasteiger partial charge on any atom is 0.243 e. The van der Waals surface area contributed by atoms with Crippen LogP contribution in [-0.2, 0) is 10.0 Å². The molecule has 0 saturated carbocycles. The van der Waals surface area contributed by atoms with Crippen molar-refractivity contribution in [2.75, 3.05) is 6.54 Å². The minimum Gasteiger partial charge on any atom is -0.207 e. The van der Waals surface area contributed by atoms with Crippen molar-refractivity contribution < 1.29 is 12.8 Å². The van der Waals surface area contributed by atoms with Crippen molar-refractivity contribution in [1.82, 2.24) is 4.31 Å². The van der Waals surface area contributed by atoms with E-state index >= 15 is 0 Å². The molecule has 1 heterocycles. The first-order valence-electron chi connectivity index (χ1n) is 7.75. The number of nitrogens with zero attached hydrogens (tertiary/aromatic N) is 1. The Morgan fingerprint density at radius 1 is 1.09 bits per heavy atom. The molecule has 0 aromatic heterocycles. The smallest absolute Gasteiger partial charge is 0.207 e. The Hall–Kier alpha value is -1.72. The average molecular weight is 333 g/mol. The maximum absolute atomic E-state index is 14.1. The van der Waals surface area contributed by atoms with Crippen molar-refractivity contribution >= 4 is 10.0 Å². The minimum absolute atomic E-state index is 0.281. The van der Waals surface area contributed by atoms with Crippen LogP contribution in [0.5, 0.6) is 0 Å². The molecule has 0 spiro atoms. The van der Waals surface area contributed by atoms with Crippen molar-refractivity contribution in [2.45, 2.75) is 37.6 Å². The lowest BCUT2D eigenvalue weighted by atomic mass is 10.1. The van der Waals surface area contributed by atoms with Crippen LogP contribution in [0.25, 0.3) is 0 Å². The second kappa shape index (κ2) is 6.06. The second-order valence-corrected chi connectivity index (χ2v) is 7.93. The molecule has 0 amide bonds. The van der Waals surface area contributed by atoms with E-state index in [0.717, 1.165) is 17.5 Å². The van der Waals surface area contributed by atoms with Gasteiger partial charge in [0, 0.05) is 12.1 Å². The molecule has 2 aromatic rings. The van der Waals surface area contributed by atoms with E-state index in [0.29, 0.717) is 18.5 Å². The highest BCUT2D eigenvalue weighted by Gasteiger charge is 2.37. The summed E-state index contributed by atoms with van der Waals surface area (Å²) < 4.78 is 41.5. The van der Waals surface area contributed by atoms with Gasteiger partial charge in [0.25, 0.3) is 0 Å². The van der Waals surface area contributed by atoms with E-state index < -0.39 is 16.1 Å². The minimum atomic E-state index is -3.63. The largest absolute Gasteiger partial charge is 0.243 e. The molecule has 122 valence electrons. The average Bonchev–Trinajstić information content (AvgIpc) is 3.00. The quantitative estimate of drug-likeness (QED) is 0.852. The topological polar surface area (TPSA) is 37.4 Å². The fraction of sp³-hybridized carbons (Fsp3) is 0.333. The van der Waals surface area contributed by atoms with E-state index in [1.165, 1.54) is 10.4 Å². The normalized spacial score (nSPS) is 19.2. The molecule has 1 atom stereocenters. The molecule has 1 aliphatic rings. The summed E-state index contributed by atoms with van der Waals surface area (Å²) in [5, 5.41) is 0. The molecular weight excluding hydrogens is 313 g/mol. The van der Waals surface area contributed by atoms with Crippen LogP contribution in [0.4, 0.5) is 4.39 Å². The Bertz CT molecular complexity index is 833. The highest BCUT2D eigenvalue weighted by molar-refractivity contribution is 7.89. The van der Waals surface area contributed by atoms with Crippen LogP contribution in [0.3, 0.4) is 0 Å². The lowest BCUT2D eigenvalue weighted by Gasteiger charge is -2.25. The van der Waals surface area contributed by atoms with E-state index in [1.54, 1.807) is 30.3 Å². The number of rotatable bonds is 3. The SMILES string of the molecule is Cc1ccc(S(=O)(=O)N2CCCC2c2ccccc2F)cc1C. The molecule has 1 aliphatic heterocycles. The summed E-state index contributed by atoms with van der Waals surface area (Å²) in [7, 11) is -3.63. The fourth-order valence-electron chi connectivity index (χ4n) is 3.09. The molecule has 0 N–H and O–H groups in total. The van der Waals surface area contributed by atoms with Gasteiger partial charge in [0.05, 0.1) is 10.9 Å². The molecule has 1 unspecified atom stereocenters. The predicted octanol–water partition coefficient (Wildman–Crippen LogP) is 3.97. The molecule has 0 aliphatic carbocycles. The van der Waals surface area contributed by atoms with Crippen molar-refractivity contribution in [1.29, 1.82) is 0 Å². The van der Waals surface area contributed by atoms with Gasteiger partial charge in [-0.05, 0) is 56.0 Å². The first-order chi connectivity index (χ1) is 10.9. The van der Waals surface area contributed by atoms with Crippen LogP contribution in [-0.4, -0.2) is 19.3 Å². The van der Waals surface area contributed by atoms with Gasteiger partial charge in [0.15, 0.2) is 0 Å². The number of hydrogen-bond acceptors (Lipinski definition) is 2. The van der Waals surface area contributed by atoms with Crippen molar-refractivity contribution in [3.63, 3.8) is 0 Å². The summed E-state index contributed by atoms with van der Waals surface area (Å²) >= 11 is 0. The molecule has 3 rings (SSSR count). The van der Waals surface area contributed by atoms with Gasteiger partial charge in [-0.25, -0.2) is 12.8 Å². The van der Waals surface area contributed by atoms with Gasteiger partial charge in [-0.1, -0.05) is 24.3 Å². The van der Waals surface area contributed by atoms with Crippen LogP contribution in [0, 0.1) is 19.7 Å². The molecular formula is C18H20FNO2S. The third-order valence-corrected chi connectivity index (χ3v) is 6.46. The number of sulfonamides is 1. The molecule has 2 aromatic carbocycles. The van der Waals surface area contributed by atoms with Gasteiger partial charge in [-0.3, -0.25) is 0 Å². The van der Waals surface area contributed by atoms with Crippen LogP contribution < -0.4 is 0 Å². The van der Waals surface area contributed by atoms with Crippen molar-refractivity contribution in [2.24, 2.45) is 0 Å². The van der Waals surface area contributed by atoms with E-state index in [9.17, 15) is 12.8 Å². The summed E-state index contributed by atoms with van der Waals surface area (Å²) in [5.41, 5.74) is 2.45. The highest BCUT2D eigenvalue weighted by Crippen LogP contribution is 2.37. The predicted molar refractivity (Wildman–Crippen MR) is 88.2 cm³/mol. The standard InChI is InChI=1S/C18H20FNO2S/c1-13-9-10-15(12-14(13)2)23(21,22)20-11-5-8-18(20)16-6-3-4-7-17(16)19/h3-4,6-7,9-10,12,18H,5,8,11H2,1-2H3. The number of aryl methyl sites for hydroxylation is 2. The summed E-state index contributed by atoms with van der Waals surface area (Å²) in [4.78, 5) is 0.281. The van der Waals surface area contributed by atoms with Crippen LogP contribution >= 0.6 is 0 Å². The second-order valence-electron chi connectivity index (χ2n) is 6.04. The number of hydrogen-bond donors (Lipinski definition) is 0. The van der Waals surface area contributed by atoms with Crippen molar-refractivity contribution in [3.05, 3.63) is 65.0 Å². The van der Waals surface area contributed by atoms with Crippen LogP contribution in [0.2, 0.25) is 0 Å². The van der Waals surface area contributed by atoms with Gasteiger partial charge >= 0.3 is 0 Å². The fourth-order valence-corrected chi connectivity index (χ4v) is 4.85. The Balaban J connectivity index is 2.01. The van der Waals surface area contributed by atoms with E-state index in [-0.39, 0.29) is 10.7 Å². The zero-order chi connectivity index (χ0) is 16.6. The Kier molecular flexibility index (Phi) is 4.25. The summed E-state index contributed by atoms with van der Waals surface area (Å²) in [6.07, 6.45) is 1.38. The lowest BCUT2D eigenvalue weighted by Crippen LogP contribution is -2.31. The maximum atomic E-state index is 14.1. The summed E-state index contributed by atoms with van der Waals surface area (Å²) in [5.74, 6) is -0.348. The molecule has 1 saturated heterocycles. The molecule has 0 radical (unpaired) electrons. The monoisotopic (exact) mass is 333 g/mol. The molecule has 23 heavy (non-hydrogen) atoms. The van der Waals surface area contributed by atoms with Gasteiger partial charge in [0.2, 0.25) is 10.0 Å². The first-order valence-corrected chi connectivity index (χ1v) is 9.19. The number of halogens is 1. The zero-order valence-corrected chi connectivity index (χ0v) is 14.1. The van der Waals surface area contributed by atoms with E-state index in [2.05, 4.69) is 0 Å². The van der Waals surface area contributed by atoms with Gasteiger partial charge < -0.3 is 0 Å². The van der Waals surface area contributed by atoms with Crippen molar-refractivity contribution in [3.8, 4) is 0 Å². The Morgan fingerprint density at radius 3 is 2.52 bits per heavy atom. The zero-order valence-electron chi connectivity index (χ0n) is 13.3. The molecule has 0 bridgehead atoms.